The summed E-state index contributed by atoms with van der Waals surface area (Å²) >= 11 is 6.12. The summed E-state index contributed by atoms with van der Waals surface area (Å²) in [5, 5.41) is 9.83. The predicted molar refractivity (Wildman–Crippen MR) is 156 cm³/mol. The highest BCUT2D eigenvalue weighted by atomic mass is 35.5. The largest absolute Gasteiger partial charge is 0.396 e. The first kappa shape index (κ1) is 30.3. The van der Waals surface area contributed by atoms with Gasteiger partial charge in [0.15, 0.2) is 0 Å². The molecule has 5 atom stereocenters. The number of halogens is 1. The predicted octanol–water partition coefficient (Wildman–Crippen LogP) is 4.21. The molecule has 1 spiro atoms. The van der Waals surface area contributed by atoms with E-state index < -0.39 is 29.1 Å². The molecule has 4 rings (SSSR count). The number of ether oxygens (including phenoxy) is 1. The van der Waals surface area contributed by atoms with Crippen LogP contribution in [0.5, 0.6) is 0 Å². The summed E-state index contributed by atoms with van der Waals surface area (Å²) in [6.07, 6.45) is 7.22. The third-order valence-corrected chi connectivity index (χ3v) is 8.96. The third-order valence-electron chi connectivity index (χ3n) is 8.70. The number of anilines is 1. The van der Waals surface area contributed by atoms with Crippen molar-refractivity contribution in [2.45, 2.75) is 69.6 Å². The van der Waals surface area contributed by atoms with Crippen LogP contribution in [0.3, 0.4) is 0 Å². The van der Waals surface area contributed by atoms with Crippen LogP contribution in [0, 0.1) is 11.8 Å². The zero-order valence-electron chi connectivity index (χ0n) is 23.7. The second-order valence-electron chi connectivity index (χ2n) is 11.3. The molecule has 1 aromatic carbocycles. The zero-order chi connectivity index (χ0) is 29.1. The summed E-state index contributed by atoms with van der Waals surface area (Å²) < 4.78 is 6.79. The molecule has 8 nitrogen and oxygen atoms in total. The molecular weight excluding hydrogens is 530 g/mol. The monoisotopic (exact) mass is 571 g/mol. The van der Waals surface area contributed by atoms with E-state index in [1.165, 1.54) is 0 Å². The summed E-state index contributed by atoms with van der Waals surface area (Å²) in [5.41, 5.74) is -1.29. The standard InChI is InChI=1S/C31H42ClN3O5/c1-5-17-33(18-6-2)27(37)24-25-28(38)35(20-9-8-10-21-36)26(31(25)16-15-30(24,4)40-31)29(39)34(19-7-3)23-13-11-22(32)12-14-23/h5,7,11-14,24-26,36H,1,3,6,8-10,15-21H2,2,4H3/t24-,25+,26?,30+,31?/m1/s1. The minimum atomic E-state index is -1.10. The van der Waals surface area contributed by atoms with Crippen LogP contribution in [-0.4, -0.2) is 82.7 Å². The second kappa shape index (κ2) is 12.5. The van der Waals surface area contributed by atoms with E-state index in [1.807, 2.05) is 13.8 Å². The Balaban J connectivity index is 1.77. The van der Waals surface area contributed by atoms with Gasteiger partial charge in [0.1, 0.15) is 11.6 Å². The van der Waals surface area contributed by atoms with Gasteiger partial charge in [-0.05, 0) is 69.7 Å². The molecule has 3 amide bonds. The minimum absolute atomic E-state index is 0.0706. The van der Waals surface area contributed by atoms with Crippen molar-refractivity contribution >= 4 is 35.0 Å². The molecule has 3 heterocycles. The number of amides is 3. The molecule has 2 unspecified atom stereocenters. The van der Waals surface area contributed by atoms with Crippen molar-refractivity contribution in [3.63, 3.8) is 0 Å². The van der Waals surface area contributed by atoms with Crippen molar-refractivity contribution in [2.24, 2.45) is 11.8 Å². The van der Waals surface area contributed by atoms with Gasteiger partial charge in [-0.15, -0.1) is 13.2 Å². The lowest BCUT2D eigenvalue weighted by Gasteiger charge is -2.37. The lowest BCUT2D eigenvalue weighted by Crippen LogP contribution is -2.56. The summed E-state index contributed by atoms with van der Waals surface area (Å²) in [5.74, 6) is -1.99. The first-order chi connectivity index (χ1) is 19.2. The molecule has 3 saturated heterocycles. The Morgan fingerprint density at radius 2 is 1.82 bits per heavy atom. The SMILES string of the molecule is C=CCN(CCC)C(=O)[C@H]1[C@H]2C(=O)N(CCCCCO)C(C(=O)N(CC=C)c3ccc(Cl)cc3)C23CC[C@]1(C)O3. The fourth-order valence-corrected chi connectivity index (χ4v) is 7.15. The molecule has 9 heteroatoms. The lowest BCUT2D eigenvalue weighted by atomic mass is 9.66. The van der Waals surface area contributed by atoms with Crippen LogP contribution in [0.1, 0.15) is 52.4 Å². The fraction of sp³-hybridized carbons (Fsp3) is 0.581. The van der Waals surface area contributed by atoms with Crippen LogP contribution in [0.2, 0.25) is 5.02 Å². The Hall–Kier alpha value is -2.68. The Kier molecular flexibility index (Phi) is 9.43. The topological polar surface area (TPSA) is 90.4 Å². The van der Waals surface area contributed by atoms with Crippen molar-refractivity contribution in [3.8, 4) is 0 Å². The molecule has 3 aliphatic rings. The van der Waals surface area contributed by atoms with Gasteiger partial charge in [-0.25, -0.2) is 0 Å². The number of hydrogen-bond acceptors (Lipinski definition) is 5. The maximum absolute atomic E-state index is 14.5. The quantitative estimate of drug-likeness (QED) is 0.267. The normalized spacial score (nSPS) is 28.4. The zero-order valence-corrected chi connectivity index (χ0v) is 24.4. The smallest absolute Gasteiger partial charge is 0.253 e. The molecule has 3 aliphatic heterocycles. The number of nitrogens with zero attached hydrogens (tertiary/aromatic N) is 3. The van der Waals surface area contributed by atoms with E-state index in [1.54, 1.807) is 51.1 Å². The number of likely N-dealkylation sites (tertiary alicyclic amines) is 1. The maximum Gasteiger partial charge on any atom is 0.253 e. The van der Waals surface area contributed by atoms with Crippen molar-refractivity contribution < 1.29 is 24.2 Å². The highest BCUT2D eigenvalue weighted by Crippen LogP contribution is 2.63. The van der Waals surface area contributed by atoms with Crippen LogP contribution >= 0.6 is 11.6 Å². The summed E-state index contributed by atoms with van der Waals surface area (Å²) in [4.78, 5) is 47.9. The Labute approximate surface area is 242 Å². The summed E-state index contributed by atoms with van der Waals surface area (Å²) in [6, 6.07) is 6.12. The molecule has 0 aromatic heterocycles. The second-order valence-corrected chi connectivity index (χ2v) is 11.8. The van der Waals surface area contributed by atoms with Crippen molar-refractivity contribution in [2.75, 3.05) is 37.7 Å². The average Bonchev–Trinajstić information content (AvgIpc) is 3.50. The summed E-state index contributed by atoms with van der Waals surface area (Å²) in [7, 11) is 0. The van der Waals surface area contributed by atoms with E-state index in [2.05, 4.69) is 13.2 Å². The average molecular weight is 572 g/mol. The first-order valence-electron chi connectivity index (χ1n) is 14.4. The third kappa shape index (κ3) is 5.21. The molecule has 2 bridgehead atoms. The van der Waals surface area contributed by atoms with Gasteiger partial charge in [-0.2, -0.15) is 0 Å². The van der Waals surface area contributed by atoms with Crippen LogP contribution < -0.4 is 4.90 Å². The van der Waals surface area contributed by atoms with Gasteiger partial charge in [0.25, 0.3) is 5.91 Å². The molecule has 3 fully saturated rings. The molecule has 218 valence electrons. The number of hydrogen-bond donors (Lipinski definition) is 1. The molecule has 1 aromatic rings. The highest BCUT2D eigenvalue weighted by Gasteiger charge is 2.78. The number of unbranched alkanes of at least 4 members (excludes halogenated alkanes) is 2. The Morgan fingerprint density at radius 3 is 2.45 bits per heavy atom. The van der Waals surface area contributed by atoms with Crippen LogP contribution in [0.15, 0.2) is 49.6 Å². The number of rotatable bonds is 14. The lowest BCUT2D eigenvalue weighted by molar-refractivity contribution is -0.149. The van der Waals surface area contributed by atoms with E-state index in [-0.39, 0.29) is 30.9 Å². The van der Waals surface area contributed by atoms with E-state index >= 15 is 0 Å². The highest BCUT2D eigenvalue weighted by molar-refractivity contribution is 6.30. The minimum Gasteiger partial charge on any atom is -0.396 e. The number of aliphatic hydroxyl groups is 1. The molecular formula is C31H42ClN3O5. The number of aliphatic hydroxyl groups excluding tert-OH is 1. The van der Waals surface area contributed by atoms with E-state index in [0.717, 1.165) is 12.8 Å². The van der Waals surface area contributed by atoms with E-state index in [9.17, 15) is 19.5 Å². The number of fused-ring (bicyclic) bond motifs is 1. The maximum atomic E-state index is 14.5. The Morgan fingerprint density at radius 1 is 1.12 bits per heavy atom. The number of benzene rings is 1. The number of carbonyl (C=O) groups is 3. The molecule has 0 saturated carbocycles. The van der Waals surface area contributed by atoms with Crippen LogP contribution in [-0.2, 0) is 19.1 Å². The van der Waals surface area contributed by atoms with Gasteiger partial charge in [0.2, 0.25) is 11.8 Å². The van der Waals surface area contributed by atoms with Gasteiger partial charge >= 0.3 is 0 Å². The molecule has 0 radical (unpaired) electrons. The molecule has 40 heavy (non-hydrogen) atoms. The van der Waals surface area contributed by atoms with Crippen molar-refractivity contribution in [1.82, 2.24) is 9.80 Å². The van der Waals surface area contributed by atoms with Crippen LogP contribution in [0.4, 0.5) is 5.69 Å². The van der Waals surface area contributed by atoms with Crippen molar-refractivity contribution in [3.05, 3.63) is 54.6 Å². The van der Waals surface area contributed by atoms with Crippen molar-refractivity contribution in [1.29, 1.82) is 0 Å². The first-order valence-corrected chi connectivity index (χ1v) is 14.8. The van der Waals surface area contributed by atoms with E-state index in [0.29, 0.717) is 56.0 Å². The van der Waals surface area contributed by atoms with Gasteiger partial charge in [-0.1, -0.05) is 30.7 Å². The molecule has 0 aliphatic carbocycles. The fourth-order valence-electron chi connectivity index (χ4n) is 7.03. The molecule has 1 N–H and O–H groups in total. The van der Waals surface area contributed by atoms with E-state index in [4.69, 9.17) is 16.3 Å². The summed E-state index contributed by atoms with van der Waals surface area (Å²) in [6.45, 7) is 13.2. The van der Waals surface area contributed by atoms with Gasteiger partial charge < -0.3 is 24.5 Å². The van der Waals surface area contributed by atoms with Gasteiger partial charge in [0, 0.05) is 43.5 Å². The Bertz CT molecular complexity index is 1130. The van der Waals surface area contributed by atoms with Crippen LogP contribution in [0.25, 0.3) is 0 Å². The van der Waals surface area contributed by atoms with Gasteiger partial charge in [0.05, 0.1) is 17.4 Å². The number of carbonyl (C=O) groups excluding carboxylic acids is 3. The van der Waals surface area contributed by atoms with Gasteiger partial charge in [-0.3, -0.25) is 14.4 Å².